The Labute approximate surface area is 169 Å². The number of carbonyl (C=O) groups is 1. The minimum atomic E-state index is -0.571. The van der Waals surface area contributed by atoms with Crippen molar-refractivity contribution in [1.82, 2.24) is 4.90 Å². The van der Waals surface area contributed by atoms with Gasteiger partial charge in [0.25, 0.3) is 0 Å². The third-order valence-electron chi connectivity index (χ3n) is 6.98. The van der Waals surface area contributed by atoms with Crippen LogP contribution in [-0.4, -0.2) is 28.2 Å². The normalized spacial score (nSPS) is 28.2. The summed E-state index contributed by atoms with van der Waals surface area (Å²) in [6.07, 6.45) is 2.83. The lowest BCUT2D eigenvalue weighted by molar-refractivity contribution is -0.0731. The number of nitrogens with zero attached hydrogens (tertiary/aromatic N) is 1. The molecule has 154 valence electrons. The molecule has 0 saturated heterocycles. The molecule has 2 bridgehead atoms. The summed E-state index contributed by atoms with van der Waals surface area (Å²) in [6.45, 7) is 12.6. The third-order valence-corrected chi connectivity index (χ3v) is 6.98. The molecule has 3 saturated carbocycles. The van der Waals surface area contributed by atoms with Crippen LogP contribution in [0.1, 0.15) is 66.1 Å². The molecule has 1 N–H and O–H groups in total. The van der Waals surface area contributed by atoms with Crippen molar-refractivity contribution in [2.24, 2.45) is 23.2 Å². The maximum absolute atomic E-state index is 12.7. The Morgan fingerprint density at radius 3 is 2.29 bits per heavy atom. The minimum Gasteiger partial charge on any atom is -0.418 e. The minimum absolute atomic E-state index is 0.00137. The highest BCUT2D eigenvalue weighted by molar-refractivity contribution is 5.69. The zero-order valence-corrected chi connectivity index (χ0v) is 18.1. The molecule has 1 amide bonds. The number of amides is 1. The number of hydrogen-bond donors (Lipinski definition) is 1. The molecule has 4 nitrogen and oxygen atoms in total. The predicted molar refractivity (Wildman–Crippen MR) is 112 cm³/mol. The smallest absolute Gasteiger partial charge is 0.415 e. The standard InChI is InChI=1S/C24H35NO3/c1-15(2)25(16(3)4)23(27)28-14-20-19(12-18-13-21(20)24(18,5)6)22(26)17-10-8-7-9-11-17/h7-11,14-16,18-19,21-22,26H,12-13H2,1-6H3/b20-14+/t18-,19-,21-,22-/m0/s1. The molecule has 3 fully saturated rings. The van der Waals surface area contributed by atoms with Gasteiger partial charge in [-0.25, -0.2) is 4.79 Å². The van der Waals surface area contributed by atoms with E-state index < -0.39 is 6.10 Å². The number of benzene rings is 1. The van der Waals surface area contributed by atoms with E-state index in [4.69, 9.17) is 4.74 Å². The van der Waals surface area contributed by atoms with Gasteiger partial charge in [0.15, 0.2) is 0 Å². The van der Waals surface area contributed by atoms with Crippen molar-refractivity contribution in [2.45, 2.75) is 72.6 Å². The predicted octanol–water partition coefficient (Wildman–Crippen LogP) is 5.54. The maximum Gasteiger partial charge on any atom is 0.415 e. The Bertz CT molecular complexity index is 715. The van der Waals surface area contributed by atoms with Crippen LogP contribution in [0.5, 0.6) is 0 Å². The van der Waals surface area contributed by atoms with Gasteiger partial charge in [0, 0.05) is 18.0 Å². The van der Waals surface area contributed by atoms with Crippen molar-refractivity contribution in [1.29, 1.82) is 0 Å². The lowest BCUT2D eigenvalue weighted by Gasteiger charge is -2.60. The molecule has 0 aliphatic heterocycles. The van der Waals surface area contributed by atoms with Gasteiger partial charge in [-0.05, 0) is 68.9 Å². The molecule has 28 heavy (non-hydrogen) atoms. The zero-order chi connectivity index (χ0) is 20.6. The van der Waals surface area contributed by atoms with E-state index in [-0.39, 0.29) is 29.5 Å². The first-order chi connectivity index (χ1) is 13.1. The third kappa shape index (κ3) is 3.71. The molecule has 0 heterocycles. The largest absolute Gasteiger partial charge is 0.418 e. The van der Waals surface area contributed by atoms with E-state index >= 15 is 0 Å². The van der Waals surface area contributed by atoms with Gasteiger partial charge in [-0.15, -0.1) is 0 Å². The molecule has 0 aromatic heterocycles. The van der Waals surface area contributed by atoms with E-state index in [9.17, 15) is 9.90 Å². The Hall–Kier alpha value is -1.81. The highest BCUT2D eigenvalue weighted by Crippen LogP contribution is 2.64. The van der Waals surface area contributed by atoms with Crippen LogP contribution >= 0.6 is 0 Å². The van der Waals surface area contributed by atoms with E-state index in [0.29, 0.717) is 11.8 Å². The molecule has 4 atom stereocenters. The molecule has 4 rings (SSSR count). The van der Waals surface area contributed by atoms with Crippen LogP contribution in [0.25, 0.3) is 0 Å². The Morgan fingerprint density at radius 2 is 1.75 bits per heavy atom. The summed E-state index contributed by atoms with van der Waals surface area (Å²) in [7, 11) is 0. The van der Waals surface area contributed by atoms with Crippen LogP contribution in [0.2, 0.25) is 0 Å². The van der Waals surface area contributed by atoms with Crippen molar-refractivity contribution in [2.75, 3.05) is 0 Å². The summed E-state index contributed by atoms with van der Waals surface area (Å²) in [5.41, 5.74) is 2.21. The summed E-state index contributed by atoms with van der Waals surface area (Å²) in [5.74, 6) is 0.962. The Balaban J connectivity index is 1.85. The number of carbonyl (C=O) groups excluding carboxylic acids is 1. The number of fused-ring (bicyclic) bond motifs is 2. The van der Waals surface area contributed by atoms with Gasteiger partial charge in [0.05, 0.1) is 12.4 Å². The summed E-state index contributed by atoms with van der Waals surface area (Å²) in [6, 6.07) is 9.97. The molecule has 0 spiro atoms. The second-order valence-corrected chi connectivity index (χ2v) is 9.60. The second kappa shape index (κ2) is 7.90. The van der Waals surface area contributed by atoms with E-state index in [1.54, 1.807) is 11.2 Å². The van der Waals surface area contributed by atoms with Crippen LogP contribution in [0.4, 0.5) is 4.79 Å². The number of ether oxygens (including phenoxy) is 1. The average Bonchev–Trinajstić information content (AvgIpc) is 2.65. The van der Waals surface area contributed by atoms with Gasteiger partial charge in [0.2, 0.25) is 0 Å². The highest BCUT2D eigenvalue weighted by Gasteiger charge is 2.56. The van der Waals surface area contributed by atoms with E-state index in [1.165, 1.54) is 0 Å². The van der Waals surface area contributed by atoms with Crippen LogP contribution in [0, 0.1) is 23.2 Å². The Morgan fingerprint density at radius 1 is 1.14 bits per heavy atom. The van der Waals surface area contributed by atoms with E-state index in [0.717, 1.165) is 24.0 Å². The van der Waals surface area contributed by atoms with Gasteiger partial charge < -0.3 is 14.7 Å². The molecule has 1 aromatic rings. The maximum atomic E-state index is 12.7. The number of aliphatic hydroxyl groups is 1. The fourth-order valence-corrected chi connectivity index (χ4v) is 5.24. The summed E-state index contributed by atoms with van der Waals surface area (Å²) in [4.78, 5) is 14.4. The molecule has 1 aromatic carbocycles. The number of rotatable bonds is 5. The van der Waals surface area contributed by atoms with Crippen molar-refractivity contribution in [3.05, 3.63) is 47.7 Å². The van der Waals surface area contributed by atoms with E-state index in [2.05, 4.69) is 13.8 Å². The molecule has 0 radical (unpaired) electrons. The van der Waals surface area contributed by atoms with Crippen LogP contribution < -0.4 is 0 Å². The van der Waals surface area contributed by atoms with Gasteiger partial charge in [-0.2, -0.15) is 0 Å². The second-order valence-electron chi connectivity index (χ2n) is 9.60. The summed E-state index contributed by atoms with van der Waals surface area (Å²) in [5, 5.41) is 11.1. The molecular formula is C24H35NO3. The van der Waals surface area contributed by atoms with Crippen molar-refractivity contribution >= 4 is 6.09 Å². The Kier molecular flexibility index (Phi) is 5.90. The van der Waals surface area contributed by atoms with Crippen molar-refractivity contribution in [3.63, 3.8) is 0 Å². The number of hydrogen-bond acceptors (Lipinski definition) is 3. The monoisotopic (exact) mass is 385 g/mol. The fraction of sp³-hybridized carbons (Fsp3) is 0.625. The topological polar surface area (TPSA) is 49.8 Å². The van der Waals surface area contributed by atoms with Crippen LogP contribution in [0.3, 0.4) is 0 Å². The first-order valence-corrected chi connectivity index (χ1v) is 10.6. The van der Waals surface area contributed by atoms with Gasteiger partial charge in [-0.3, -0.25) is 0 Å². The average molecular weight is 386 g/mol. The van der Waals surface area contributed by atoms with Gasteiger partial charge in [0.1, 0.15) is 0 Å². The molecule has 4 heteroatoms. The summed E-state index contributed by atoms with van der Waals surface area (Å²) >= 11 is 0. The van der Waals surface area contributed by atoms with Crippen LogP contribution in [-0.2, 0) is 4.74 Å². The lowest BCUT2D eigenvalue weighted by atomic mass is 9.44. The van der Waals surface area contributed by atoms with Gasteiger partial charge in [-0.1, -0.05) is 44.2 Å². The highest BCUT2D eigenvalue weighted by atomic mass is 16.5. The lowest BCUT2D eigenvalue weighted by Crippen LogP contribution is -2.53. The van der Waals surface area contributed by atoms with Crippen molar-refractivity contribution < 1.29 is 14.6 Å². The van der Waals surface area contributed by atoms with Crippen LogP contribution in [0.15, 0.2) is 42.2 Å². The fourth-order valence-electron chi connectivity index (χ4n) is 5.24. The van der Waals surface area contributed by atoms with E-state index in [1.807, 2.05) is 58.0 Å². The summed E-state index contributed by atoms with van der Waals surface area (Å²) < 4.78 is 5.68. The number of aliphatic hydroxyl groups excluding tert-OH is 1. The molecule has 0 unspecified atom stereocenters. The SMILES string of the molecule is CC(C)N(C(=O)O/C=C1\[C@@H]([C@@H](O)c2ccccc2)C[C@H]2C[C@@H]1C2(C)C)C(C)C. The zero-order valence-electron chi connectivity index (χ0n) is 18.1. The molecular weight excluding hydrogens is 350 g/mol. The van der Waals surface area contributed by atoms with Crippen molar-refractivity contribution in [3.8, 4) is 0 Å². The first kappa shape index (κ1) is 20.9. The molecule has 3 aliphatic carbocycles. The first-order valence-electron chi connectivity index (χ1n) is 10.6. The quantitative estimate of drug-likeness (QED) is 0.677. The molecule has 3 aliphatic rings. The van der Waals surface area contributed by atoms with Gasteiger partial charge >= 0.3 is 6.09 Å².